The maximum absolute atomic E-state index is 13.1. The van der Waals surface area contributed by atoms with Crippen molar-refractivity contribution in [1.29, 1.82) is 0 Å². The third-order valence-electron chi connectivity index (χ3n) is 4.26. The lowest BCUT2D eigenvalue weighted by atomic mass is 10.2. The van der Waals surface area contributed by atoms with Crippen LogP contribution < -0.4 is 10.3 Å². The van der Waals surface area contributed by atoms with E-state index in [1.165, 1.54) is 4.68 Å². The lowest BCUT2D eigenvalue weighted by molar-refractivity contribution is 0.360. The molecule has 1 heterocycles. The van der Waals surface area contributed by atoms with Crippen molar-refractivity contribution in [2.75, 3.05) is 6.61 Å². The average Bonchev–Trinajstić information content (AvgIpc) is 2.71. The van der Waals surface area contributed by atoms with Crippen molar-refractivity contribution >= 4 is 55.6 Å². The Morgan fingerprint density at radius 2 is 2.14 bits per heavy atom. The fourth-order valence-electron chi connectivity index (χ4n) is 2.80. The van der Waals surface area contributed by atoms with E-state index in [1.54, 1.807) is 18.4 Å². The molecule has 5 nitrogen and oxygen atoms in total. The molecule has 0 N–H and O–H groups in total. The number of hydrogen-bond acceptors (Lipinski definition) is 4. The molecule has 0 aliphatic heterocycles. The predicted octanol–water partition coefficient (Wildman–Crippen LogP) is 5.55. The molecule has 0 bridgehead atoms. The van der Waals surface area contributed by atoms with Crippen molar-refractivity contribution in [3.63, 3.8) is 0 Å². The molecule has 0 unspecified atom stereocenters. The Bertz CT molecular complexity index is 1120. The second kappa shape index (κ2) is 10.2. The number of unbranched alkanes of at least 4 members (excludes halogenated alkanes) is 1. The van der Waals surface area contributed by atoms with Gasteiger partial charge in [-0.05, 0) is 71.0 Å². The highest BCUT2D eigenvalue weighted by Gasteiger charge is 2.11. The first-order valence-corrected chi connectivity index (χ1v) is 11.2. The molecule has 0 saturated carbocycles. The quantitative estimate of drug-likeness (QED) is 0.204. The Morgan fingerprint density at radius 1 is 1.31 bits per heavy atom. The Morgan fingerprint density at radius 3 is 2.86 bits per heavy atom. The summed E-state index contributed by atoms with van der Waals surface area (Å²) in [6.07, 6.45) is 6.04. The molecular formula is C22H21BrIN3O2. The summed E-state index contributed by atoms with van der Waals surface area (Å²) in [6.45, 7) is 6.23. The van der Waals surface area contributed by atoms with Gasteiger partial charge in [-0.15, -0.1) is 0 Å². The number of hydrogen-bond donors (Lipinski definition) is 0. The average molecular weight is 566 g/mol. The maximum Gasteiger partial charge on any atom is 0.282 e. The van der Waals surface area contributed by atoms with E-state index in [4.69, 9.17) is 4.74 Å². The van der Waals surface area contributed by atoms with Gasteiger partial charge in [-0.25, -0.2) is 4.98 Å². The minimum absolute atomic E-state index is 0.167. The normalized spacial score (nSPS) is 11.3. The van der Waals surface area contributed by atoms with Gasteiger partial charge in [0.2, 0.25) is 0 Å². The number of aromatic nitrogens is 2. The molecule has 3 aromatic rings. The van der Waals surface area contributed by atoms with Crippen LogP contribution in [0.3, 0.4) is 0 Å². The van der Waals surface area contributed by atoms with Gasteiger partial charge in [0.1, 0.15) is 18.2 Å². The molecule has 0 fully saturated rings. The first-order chi connectivity index (χ1) is 14.0. The molecule has 3 rings (SSSR count). The van der Waals surface area contributed by atoms with Crippen molar-refractivity contribution < 1.29 is 4.74 Å². The van der Waals surface area contributed by atoms with E-state index in [1.807, 2.05) is 30.3 Å². The summed E-state index contributed by atoms with van der Waals surface area (Å²) < 4.78 is 8.83. The van der Waals surface area contributed by atoms with Gasteiger partial charge in [-0.1, -0.05) is 41.9 Å². The Kier molecular flexibility index (Phi) is 7.60. The molecule has 0 radical (unpaired) electrons. The number of rotatable bonds is 8. The minimum Gasteiger partial charge on any atom is -0.488 e. The van der Waals surface area contributed by atoms with Crippen LogP contribution >= 0.6 is 38.5 Å². The first kappa shape index (κ1) is 21.7. The van der Waals surface area contributed by atoms with Crippen LogP contribution in [-0.2, 0) is 6.42 Å². The van der Waals surface area contributed by atoms with E-state index >= 15 is 0 Å². The molecule has 150 valence electrons. The predicted molar refractivity (Wildman–Crippen MR) is 130 cm³/mol. The number of nitrogens with zero attached hydrogens (tertiary/aromatic N) is 3. The van der Waals surface area contributed by atoms with E-state index in [0.29, 0.717) is 29.8 Å². The second-order valence-electron chi connectivity index (χ2n) is 6.44. The Labute approximate surface area is 191 Å². The van der Waals surface area contributed by atoms with Gasteiger partial charge in [0.15, 0.2) is 0 Å². The SMILES string of the molecule is C=CCOc1ccc(C=Nn2c(CCCC)nc3ccc(Br)cc3c2=O)cc1I. The fraction of sp³-hybridized carbons (Fsp3) is 0.227. The zero-order valence-electron chi connectivity index (χ0n) is 16.1. The van der Waals surface area contributed by atoms with Crippen LogP contribution in [0.2, 0.25) is 0 Å². The molecule has 7 heteroatoms. The van der Waals surface area contributed by atoms with Crippen LogP contribution in [0.25, 0.3) is 10.9 Å². The molecular weight excluding hydrogens is 545 g/mol. The Balaban J connectivity index is 2.01. The van der Waals surface area contributed by atoms with Crippen LogP contribution in [-0.4, -0.2) is 22.5 Å². The van der Waals surface area contributed by atoms with Crippen LogP contribution in [0.15, 0.2) is 63.4 Å². The standard InChI is InChI=1S/C22H21BrIN3O2/c1-3-5-6-21-26-19-9-8-16(23)13-17(19)22(28)27(21)25-14-15-7-10-20(18(24)12-15)29-11-4-2/h4,7-10,12-14H,2-3,5-6,11H2,1H3. The van der Waals surface area contributed by atoms with E-state index in [0.717, 1.165) is 32.2 Å². The van der Waals surface area contributed by atoms with Crippen molar-refractivity contribution in [2.45, 2.75) is 26.2 Å². The topological polar surface area (TPSA) is 56.5 Å². The maximum atomic E-state index is 13.1. The number of aryl methyl sites for hydroxylation is 1. The number of fused-ring (bicyclic) bond motifs is 1. The monoisotopic (exact) mass is 565 g/mol. The highest BCUT2D eigenvalue weighted by molar-refractivity contribution is 14.1. The largest absolute Gasteiger partial charge is 0.488 e. The van der Waals surface area contributed by atoms with Crippen molar-refractivity contribution in [1.82, 2.24) is 9.66 Å². The van der Waals surface area contributed by atoms with Crippen LogP contribution in [0.5, 0.6) is 5.75 Å². The fourth-order valence-corrected chi connectivity index (χ4v) is 3.85. The van der Waals surface area contributed by atoms with Gasteiger partial charge in [0, 0.05) is 10.9 Å². The molecule has 0 spiro atoms. The molecule has 1 aromatic heterocycles. The number of benzene rings is 2. The lowest BCUT2D eigenvalue weighted by Gasteiger charge is -2.09. The summed E-state index contributed by atoms with van der Waals surface area (Å²) in [5, 5.41) is 5.02. The van der Waals surface area contributed by atoms with E-state index < -0.39 is 0 Å². The van der Waals surface area contributed by atoms with E-state index in [2.05, 4.69) is 62.1 Å². The Hall–Kier alpha value is -2.00. The van der Waals surface area contributed by atoms with Crippen molar-refractivity contribution in [3.8, 4) is 5.75 Å². The molecule has 0 atom stereocenters. The third-order valence-corrected chi connectivity index (χ3v) is 5.60. The van der Waals surface area contributed by atoms with E-state index in [-0.39, 0.29) is 5.56 Å². The van der Waals surface area contributed by atoms with Gasteiger partial charge in [0.25, 0.3) is 5.56 Å². The number of halogens is 2. The zero-order chi connectivity index (χ0) is 20.8. The summed E-state index contributed by atoms with van der Waals surface area (Å²) >= 11 is 5.65. The smallest absolute Gasteiger partial charge is 0.282 e. The lowest BCUT2D eigenvalue weighted by Crippen LogP contribution is -2.22. The summed E-state index contributed by atoms with van der Waals surface area (Å²) in [5.74, 6) is 1.46. The minimum atomic E-state index is -0.167. The van der Waals surface area contributed by atoms with Gasteiger partial charge >= 0.3 is 0 Å². The summed E-state index contributed by atoms with van der Waals surface area (Å²) in [6, 6.07) is 11.3. The first-order valence-electron chi connectivity index (χ1n) is 9.32. The molecule has 0 amide bonds. The van der Waals surface area contributed by atoms with E-state index in [9.17, 15) is 4.79 Å². The van der Waals surface area contributed by atoms with Gasteiger partial charge < -0.3 is 4.74 Å². The van der Waals surface area contributed by atoms with Crippen molar-refractivity contribution in [3.05, 3.63) is 78.8 Å². The highest BCUT2D eigenvalue weighted by atomic mass is 127. The zero-order valence-corrected chi connectivity index (χ0v) is 19.8. The molecule has 0 saturated heterocycles. The third kappa shape index (κ3) is 5.33. The van der Waals surface area contributed by atoms with Gasteiger partial charge in [0.05, 0.1) is 20.7 Å². The molecule has 0 aliphatic rings. The van der Waals surface area contributed by atoms with Crippen LogP contribution in [0.4, 0.5) is 0 Å². The van der Waals surface area contributed by atoms with Gasteiger partial charge in [-0.2, -0.15) is 9.78 Å². The summed E-state index contributed by atoms with van der Waals surface area (Å²) in [7, 11) is 0. The van der Waals surface area contributed by atoms with Crippen molar-refractivity contribution in [2.24, 2.45) is 5.10 Å². The summed E-state index contributed by atoms with van der Waals surface area (Å²) in [5.41, 5.74) is 1.40. The molecule has 29 heavy (non-hydrogen) atoms. The van der Waals surface area contributed by atoms with Gasteiger partial charge in [-0.3, -0.25) is 4.79 Å². The highest BCUT2D eigenvalue weighted by Crippen LogP contribution is 2.22. The number of ether oxygens (including phenoxy) is 1. The summed E-state index contributed by atoms with van der Waals surface area (Å²) in [4.78, 5) is 17.8. The molecule has 2 aromatic carbocycles. The van der Waals surface area contributed by atoms with Crippen LogP contribution in [0.1, 0.15) is 31.2 Å². The van der Waals surface area contributed by atoms with Crippen LogP contribution in [0, 0.1) is 3.57 Å². The molecule has 0 aliphatic carbocycles. The second-order valence-corrected chi connectivity index (χ2v) is 8.52.